The van der Waals surface area contributed by atoms with Gasteiger partial charge in [0, 0.05) is 25.7 Å². The summed E-state index contributed by atoms with van der Waals surface area (Å²) in [7, 11) is 0. The fourth-order valence-electron chi connectivity index (χ4n) is 2.49. The highest BCUT2D eigenvalue weighted by Gasteiger charge is 2.26. The zero-order valence-corrected chi connectivity index (χ0v) is 10.2. The van der Waals surface area contributed by atoms with Crippen molar-refractivity contribution in [2.75, 3.05) is 19.6 Å². The molecular formula is C12H22N2O2. The van der Waals surface area contributed by atoms with Crippen LogP contribution in [-0.4, -0.2) is 41.7 Å². The summed E-state index contributed by atoms with van der Waals surface area (Å²) in [4.78, 5) is 19.2. The minimum absolute atomic E-state index is 0.144. The predicted molar refractivity (Wildman–Crippen MR) is 61.9 cm³/mol. The summed E-state index contributed by atoms with van der Waals surface area (Å²) in [6.45, 7) is 4.76. The lowest BCUT2D eigenvalue weighted by Gasteiger charge is -2.34. The molecule has 2 heterocycles. The number of likely N-dealkylation sites (tertiary alicyclic amines) is 1. The molecule has 2 fully saturated rings. The quantitative estimate of drug-likeness (QED) is 0.688. The normalized spacial score (nSPS) is 27.8. The monoisotopic (exact) mass is 226 g/mol. The Morgan fingerprint density at radius 1 is 1.06 bits per heavy atom. The van der Waals surface area contributed by atoms with Crippen molar-refractivity contribution in [1.82, 2.24) is 9.96 Å². The third-order valence-corrected chi connectivity index (χ3v) is 3.56. The van der Waals surface area contributed by atoms with Gasteiger partial charge in [-0.15, -0.1) is 5.06 Å². The third kappa shape index (κ3) is 2.88. The van der Waals surface area contributed by atoms with Crippen LogP contribution in [0.4, 0.5) is 4.79 Å². The van der Waals surface area contributed by atoms with Crippen molar-refractivity contribution in [1.29, 1.82) is 0 Å². The molecule has 0 aromatic rings. The van der Waals surface area contributed by atoms with E-state index in [2.05, 4.69) is 6.92 Å². The third-order valence-electron chi connectivity index (χ3n) is 3.56. The molecule has 0 aliphatic carbocycles. The first kappa shape index (κ1) is 11.7. The minimum Gasteiger partial charge on any atom is -0.351 e. The van der Waals surface area contributed by atoms with Crippen molar-refractivity contribution in [3.63, 3.8) is 0 Å². The Labute approximate surface area is 97.5 Å². The second kappa shape index (κ2) is 5.53. The maximum Gasteiger partial charge on any atom is 0.429 e. The van der Waals surface area contributed by atoms with Crippen molar-refractivity contribution >= 4 is 6.09 Å². The highest BCUT2D eigenvalue weighted by atomic mass is 16.7. The maximum atomic E-state index is 11.9. The minimum atomic E-state index is -0.144. The van der Waals surface area contributed by atoms with E-state index >= 15 is 0 Å². The number of piperidine rings is 2. The molecule has 0 bridgehead atoms. The molecule has 16 heavy (non-hydrogen) atoms. The van der Waals surface area contributed by atoms with Gasteiger partial charge in [0.25, 0.3) is 0 Å². The number of hydrogen-bond donors (Lipinski definition) is 0. The maximum absolute atomic E-state index is 11.9. The van der Waals surface area contributed by atoms with Gasteiger partial charge in [0.2, 0.25) is 0 Å². The van der Waals surface area contributed by atoms with Crippen LogP contribution in [-0.2, 0) is 4.84 Å². The van der Waals surface area contributed by atoms with E-state index in [1.54, 1.807) is 0 Å². The van der Waals surface area contributed by atoms with Gasteiger partial charge in [-0.2, -0.15) is 0 Å². The molecule has 0 spiro atoms. The van der Waals surface area contributed by atoms with E-state index in [-0.39, 0.29) is 6.09 Å². The Bertz CT molecular complexity index is 239. The lowest BCUT2D eigenvalue weighted by atomic mass is 10.0. The van der Waals surface area contributed by atoms with Crippen molar-refractivity contribution in [3.05, 3.63) is 0 Å². The van der Waals surface area contributed by atoms with Crippen LogP contribution in [0.1, 0.15) is 45.4 Å². The second-order valence-corrected chi connectivity index (χ2v) is 4.89. The lowest BCUT2D eigenvalue weighted by Crippen LogP contribution is -2.45. The Balaban J connectivity index is 1.81. The number of carbonyl (C=O) groups is 1. The second-order valence-electron chi connectivity index (χ2n) is 4.89. The van der Waals surface area contributed by atoms with Gasteiger partial charge in [-0.25, -0.2) is 4.79 Å². The smallest absolute Gasteiger partial charge is 0.351 e. The van der Waals surface area contributed by atoms with Crippen LogP contribution in [0.25, 0.3) is 0 Å². The molecule has 2 aliphatic heterocycles. The molecule has 4 heteroatoms. The number of carbonyl (C=O) groups excluding carboxylic acids is 1. The summed E-state index contributed by atoms with van der Waals surface area (Å²) < 4.78 is 0. The Morgan fingerprint density at radius 2 is 1.75 bits per heavy atom. The summed E-state index contributed by atoms with van der Waals surface area (Å²) >= 11 is 0. The van der Waals surface area contributed by atoms with Crippen LogP contribution in [0.5, 0.6) is 0 Å². The zero-order chi connectivity index (χ0) is 11.4. The van der Waals surface area contributed by atoms with E-state index < -0.39 is 0 Å². The zero-order valence-electron chi connectivity index (χ0n) is 10.2. The van der Waals surface area contributed by atoms with Crippen LogP contribution in [0.3, 0.4) is 0 Å². The highest BCUT2D eigenvalue weighted by molar-refractivity contribution is 5.67. The van der Waals surface area contributed by atoms with Crippen LogP contribution in [0, 0.1) is 0 Å². The SMILES string of the molecule is CC1CCCCN1C(=O)ON1CCCCC1. The standard InChI is InChI=1S/C12H22N2O2/c1-11-7-3-6-10-14(11)12(15)16-13-8-4-2-5-9-13/h11H,2-10H2,1H3. The number of hydroxylamine groups is 2. The fourth-order valence-corrected chi connectivity index (χ4v) is 2.49. The summed E-state index contributed by atoms with van der Waals surface area (Å²) in [5.74, 6) is 0. The Kier molecular flexibility index (Phi) is 4.04. The molecule has 0 radical (unpaired) electrons. The van der Waals surface area contributed by atoms with Gasteiger partial charge in [-0.05, 0) is 39.0 Å². The molecule has 2 rings (SSSR count). The van der Waals surface area contributed by atoms with Crippen molar-refractivity contribution in [2.45, 2.75) is 51.5 Å². The summed E-state index contributed by atoms with van der Waals surface area (Å²) in [5, 5.41) is 1.83. The molecule has 1 amide bonds. The fraction of sp³-hybridized carbons (Fsp3) is 0.917. The lowest BCUT2D eigenvalue weighted by molar-refractivity contribution is -0.126. The first-order valence-electron chi connectivity index (χ1n) is 6.51. The van der Waals surface area contributed by atoms with Gasteiger partial charge >= 0.3 is 6.09 Å². The summed E-state index contributed by atoms with van der Waals surface area (Å²) in [5.41, 5.74) is 0. The predicted octanol–water partition coefficient (Wildman–Crippen LogP) is 2.40. The molecule has 0 aromatic heterocycles. The van der Waals surface area contributed by atoms with Gasteiger partial charge in [0.05, 0.1) is 0 Å². The van der Waals surface area contributed by atoms with Gasteiger partial charge in [0.15, 0.2) is 0 Å². The Hall–Kier alpha value is -0.770. The molecule has 2 aliphatic rings. The average Bonchev–Trinajstić information content (AvgIpc) is 2.31. The van der Waals surface area contributed by atoms with Crippen molar-refractivity contribution in [2.24, 2.45) is 0 Å². The first-order chi connectivity index (χ1) is 7.77. The van der Waals surface area contributed by atoms with Crippen molar-refractivity contribution < 1.29 is 9.63 Å². The van der Waals surface area contributed by atoms with E-state index in [0.29, 0.717) is 6.04 Å². The van der Waals surface area contributed by atoms with E-state index in [4.69, 9.17) is 4.84 Å². The van der Waals surface area contributed by atoms with Crippen LogP contribution >= 0.6 is 0 Å². The molecule has 0 saturated carbocycles. The summed E-state index contributed by atoms with van der Waals surface area (Å²) in [6, 6.07) is 0.339. The average molecular weight is 226 g/mol. The van der Waals surface area contributed by atoms with Gasteiger partial charge in [0.1, 0.15) is 0 Å². The van der Waals surface area contributed by atoms with Gasteiger partial charge in [-0.3, -0.25) is 0 Å². The van der Waals surface area contributed by atoms with E-state index in [9.17, 15) is 4.79 Å². The first-order valence-corrected chi connectivity index (χ1v) is 6.51. The molecule has 1 unspecified atom stereocenters. The Morgan fingerprint density at radius 3 is 2.44 bits per heavy atom. The largest absolute Gasteiger partial charge is 0.429 e. The number of amides is 1. The molecule has 0 N–H and O–H groups in total. The van der Waals surface area contributed by atoms with E-state index in [0.717, 1.165) is 45.3 Å². The van der Waals surface area contributed by atoms with Crippen molar-refractivity contribution in [3.8, 4) is 0 Å². The summed E-state index contributed by atoms with van der Waals surface area (Å²) in [6.07, 6.45) is 6.84. The molecular weight excluding hydrogens is 204 g/mol. The van der Waals surface area contributed by atoms with E-state index in [1.165, 1.54) is 12.8 Å². The number of nitrogens with zero attached hydrogens (tertiary/aromatic N) is 2. The highest BCUT2D eigenvalue weighted by Crippen LogP contribution is 2.18. The molecule has 4 nitrogen and oxygen atoms in total. The molecule has 2 saturated heterocycles. The van der Waals surface area contributed by atoms with Crippen LogP contribution < -0.4 is 0 Å². The van der Waals surface area contributed by atoms with E-state index in [1.807, 2.05) is 9.96 Å². The van der Waals surface area contributed by atoms with Gasteiger partial charge in [-0.1, -0.05) is 6.42 Å². The van der Waals surface area contributed by atoms with Crippen LogP contribution in [0.2, 0.25) is 0 Å². The topological polar surface area (TPSA) is 32.8 Å². The molecule has 0 aromatic carbocycles. The molecule has 1 atom stereocenters. The molecule has 92 valence electrons. The number of hydrogen-bond acceptors (Lipinski definition) is 3. The van der Waals surface area contributed by atoms with Gasteiger partial charge < -0.3 is 9.74 Å². The van der Waals surface area contributed by atoms with Crippen LogP contribution in [0.15, 0.2) is 0 Å². The number of rotatable bonds is 1.